The molecule has 2 unspecified atom stereocenters. The van der Waals surface area contributed by atoms with Crippen molar-refractivity contribution in [2.24, 2.45) is 0 Å². The first-order chi connectivity index (χ1) is 10.5. The third kappa shape index (κ3) is 4.67. The maximum Gasteiger partial charge on any atom is 0.193 e. The normalized spacial score (nSPS) is 13.5. The molecule has 2 aromatic rings. The molecular formula is C15H14O5S2. The van der Waals surface area contributed by atoms with Crippen molar-refractivity contribution in [2.45, 2.75) is 11.5 Å². The summed E-state index contributed by atoms with van der Waals surface area (Å²) in [4.78, 5) is 12.4. The van der Waals surface area contributed by atoms with Crippen LogP contribution in [0.2, 0.25) is 0 Å². The Hall–Kier alpha value is -1.67. The standard InChI is InChI=1S/C15H14O5S2/c16-15(13-5-1-3-11(7-13)9-21(17)18)14-6-2-4-12(8-14)10-22(19)20/h1-8H,9-10H2,(H,17,18)(H,19,20). The minimum absolute atomic E-state index is 0.0370. The Morgan fingerprint density at radius 3 is 1.59 bits per heavy atom. The van der Waals surface area contributed by atoms with Gasteiger partial charge in [-0.15, -0.1) is 0 Å². The number of rotatable bonds is 6. The van der Waals surface area contributed by atoms with E-state index in [1.807, 2.05) is 0 Å². The fraction of sp³-hybridized carbons (Fsp3) is 0.133. The molecule has 22 heavy (non-hydrogen) atoms. The maximum atomic E-state index is 12.4. The van der Waals surface area contributed by atoms with E-state index in [1.54, 1.807) is 48.5 Å². The second kappa shape index (κ2) is 7.55. The van der Waals surface area contributed by atoms with Crippen LogP contribution in [-0.4, -0.2) is 23.3 Å². The van der Waals surface area contributed by atoms with Gasteiger partial charge in [0.15, 0.2) is 27.9 Å². The summed E-state index contributed by atoms with van der Waals surface area (Å²) in [5.41, 5.74) is 2.01. The summed E-state index contributed by atoms with van der Waals surface area (Å²) in [5.74, 6) is -0.314. The summed E-state index contributed by atoms with van der Waals surface area (Å²) in [5, 5.41) is 0. The number of hydrogen-bond donors (Lipinski definition) is 2. The van der Waals surface area contributed by atoms with Crippen LogP contribution in [0.4, 0.5) is 0 Å². The molecule has 2 aromatic carbocycles. The van der Waals surface area contributed by atoms with Crippen molar-refractivity contribution in [3.05, 3.63) is 70.8 Å². The number of carbonyl (C=O) groups excluding carboxylic acids is 1. The Morgan fingerprint density at radius 1 is 0.818 bits per heavy atom. The zero-order valence-electron chi connectivity index (χ0n) is 11.5. The topological polar surface area (TPSA) is 91.7 Å². The van der Waals surface area contributed by atoms with E-state index in [9.17, 15) is 13.2 Å². The summed E-state index contributed by atoms with van der Waals surface area (Å²) in [6, 6.07) is 13.1. The summed E-state index contributed by atoms with van der Waals surface area (Å²) >= 11 is -3.93. The van der Waals surface area contributed by atoms with Crippen LogP contribution in [0, 0.1) is 0 Å². The highest BCUT2D eigenvalue weighted by Gasteiger charge is 2.11. The molecular weight excluding hydrogens is 324 g/mol. The second-order valence-electron chi connectivity index (χ2n) is 4.66. The van der Waals surface area contributed by atoms with Crippen LogP contribution >= 0.6 is 0 Å². The Labute approximate surface area is 132 Å². The Kier molecular flexibility index (Phi) is 5.73. The van der Waals surface area contributed by atoms with Gasteiger partial charge in [0.1, 0.15) is 0 Å². The predicted molar refractivity (Wildman–Crippen MR) is 85.3 cm³/mol. The molecule has 0 aliphatic rings. The van der Waals surface area contributed by atoms with Crippen molar-refractivity contribution in [1.29, 1.82) is 0 Å². The summed E-state index contributed by atoms with van der Waals surface area (Å²) in [6.45, 7) is 0. The van der Waals surface area contributed by atoms with Gasteiger partial charge in [0.25, 0.3) is 0 Å². The molecule has 0 saturated carbocycles. The lowest BCUT2D eigenvalue weighted by Gasteiger charge is -2.05. The molecule has 0 radical (unpaired) electrons. The molecule has 5 nitrogen and oxygen atoms in total. The minimum atomic E-state index is -1.97. The second-order valence-corrected chi connectivity index (χ2v) is 6.52. The first-order valence-electron chi connectivity index (χ1n) is 6.33. The van der Waals surface area contributed by atoms with Crippen LogP contribution in [0.1, 0.15) is 27.0 Å². The summed E-state index contributed by atoms with van der Waals surface area (Å²) in [6.07, 6.45) is 0. The molecule has 0 heterocycles. The van der Waals surface area contributed by atoms with Crippen molar-refractivity contribution in [2.75, 3.05) is 0 Å². The summed E-state index contributed by atoms with van der Waals surface area (Å²) < 4.78 is 39.5. The van der Waals surface area contributed by atoms with E-state index in [2.05, 4.69) is 0 Å². The monoisotopic (exact) mass is 338 g/mol. The molecule has 7 heteroatoms. The predicted octanol–water partition coefficient (Wildman–Crippen LogP) is 2.36. The van der Waals surface area contributed by atoms with Crippen LogP contribution < -0.4 is 0 Å². The van der Waals surface area contributed by atoms with E-state index in [-0.39, 0.29) is 17.3 Å². The van der Waals surface area contributed by atoms with Gasteiger partial charge in [-0.1, -0.05) is 36.4 Å². The average Bonchev–Trinajstić information content (AvgIpc) is 2.45. The van der Waals surface area contributed by atoms with Crippen LogP contribution in [0.3, 0.4) is 0 Å². The first kappa shape index (κ1) is 16.7. The first-order valence-corrected chi connectivity index (χ1v) is 8.88. The van der Waals surface area contributed by atoms with Gasteiger partial charge >= 0.3 is 0 Å². The molecule has 2 N–H and O–H groups in total. The van der Waals surface area contributed by atoms with Gasteiger partial charge in [-0.2, -0.15) is 0 Å². The van der Waals surface area contributed by atoms with Crippen LogP contribution in [0.25, 0.3) is 0 Å². The Balaban J connectivity index is 2.28. The molecule has 2 atom stereocenters. The van der Waals surface area contributed by atoms with Crippen LogP contribution in [-0.2, 0) is 33.7 Å². The number of hydrogen-bond acceptors (Lipinski definition) is 3. The fourth-order valence-electron chi connectivity index (χ4n) is 2.06. The molecule has 0 aliphatic carbocycles. The van der Waals surface area contributed by atoms with E-state index >= 15 is 0 Å². The van der Waals surface area contributed by atoms with E-state index in [4.69, 9.17) is 9.11 Å². The number of ketones is 1. The third-order valence-electron chi connectivity index (χ3n) is 2.96. The van der Waals surface area contributed by atoms with Gasteiger partial charge in [0, 0.05) is 11.1 Å². The van der Waals surface area contributed by atoms with Gasteiger partial charge in [-0.3, -0.25) is 4.79 Å². The van der Waals surface area contributed by atoms with Crippen molar-refractivity contribution in [3.8, 4) is 0 Å². The molecule has 0 amide bonds. The zero-order chi connectivity index (χ0) is 16.1. The molecule has 0 bridgehead atoms. The highest BCUT2D eigenvalue weighted by atomic mass is 32.2. The van der Waals surface area contributed by atoms with Gasteiger partial charge < -0.3 is 9.11 Å². The molecule has 0 fully saturated rings. The number of carbonyl (C=O) groups is 1. The SMILES string of the molecule is O=C(c1cccc(CS(=O)O)c1)c1cccc(CS(=O)O)c1. The van der Waals surface area contributed by atoms with Gasteiger partial charge in [-0.05, 0) is 23.3 Å². The van der Waals surface area contributed by atoms with Crippen molar-refractivity contribution in [3.63, 3.8) is 0 Å². The van der Waals surface area contributed by atoms with Crippen molar-refractivity contribution >= 4 is 27.9 Å². The lowest BCUT2D eigenvalue weighted by atomic mass is 10.0. The van der Waals surface area contributed by atoms with E-state index < -0.39 is 22.2 Å². The van der Waals surface area contributed by atoms with E-state index in [0.29, 0.717) is 22.3 Å². The van der Waals surface area contributed by atoms with Gasteiger partial charge in [0.05, 0.1) is 11.5 Å². The molecule has 0 spiro atoms. The molecule has 0 aliphatic heterocycles. The smallest absolute Gasteiger partial charge is 0.193 e. The maximum absolute atomic E-state index is 12.4. The van der Waals surface area contributed by atoms with E-state index in [0.717, 1.165) is 0 Å². The molecule has 0 aromatic heterocycles. The van der Waals surface area contributed by atoms with Crippen LogP contribution in [0.5, 0.6) is 0 Å². The quantitative estimate of drug-likeness (QED) is 0.623. The third-order valence-corrected chi connectivity index (χ3v) is 4.12. The fourth-order valence-corrected chi connectivity index (χ4v) is 2.99. The highest BCUT2D eigenvalue weighted by molar-refractivity contribution is 7.78. The zero-order valence-corrected chi connectivity index (χ0v) is 13.1. The molecule has 116 valence electrons. The lowest BCUT2D eigenvalue weighted by molar-refractivity contribution is 0.103. The van der Waals surface area contributed by atoms with Crippen molar-refractivity contribution in [1.82, 2.24) is 0 Å². The molecule has 0 saturated heterocycles. The minimum Gasteiger partial charge on any atom is -0.306 e. The van der Waals surface area contributed by atoms with Crippen molar-refractivity contribution < 1.29 is 22.3 Å². The van der Waals surface area contributed by atoms with Gasteiger partial charge in [-0.25, -0.2) is 8.42 Å². The summed E-state index contributed by atoms with van der Waals surface area (Å²) in [7, 11) is 0. The largest absolute Gasteiger partial charge is 0.306 e. The highest BCUT2D eigenvalue weighted by Crippen LogP contribution is 2.15. The number of benzene rings is 2. The Morgan fingerprint density at radius 2 is 1.23 bits per heavy atom. The van der Waals surface area contributed by atoms with Gasteiger partial charge in [0.2, 0.25) is 0 Å². The van der Waals surface area contributed by atoms with Crippen LogP contribution in [0.15, 0.2) is 48.5 Å². The average molecular weight is 338 g/mol. The lowest BCUT2D eigenvalue weighted by Crippen LogP contribution is -2.04. The van der Waals surface area contributed by atoms with E-state index in [1.165, 1.54) is 0 Å². The Bertz CT molecular complexity index is 681. The molecule has 2 rings (SSSR count).